The number of benzene rings is 1. The van der Waals surface area contributed by atoms with Gasteiger partial charge in [0.1, 0.15) is 12.4 Å². The Morgan fingerprint density at radius 3 is 2.87 bits per heavy atom. The van der Waals surface area contributed by atoms with Crippen LogP contribution in [0, 0.1) is 0 Å². The molecule has 5 heteroatoms. The molecule has 0 aromatic heterocycles. The number of hydrogen-bond donors (Lipinski definition) is 1. The summed E-state index contributed by atoms with van der Waals surface area (Å²) in [7, 11) is 0. The average Bonchev–Trinajstić information content (AvgIpc) is 2.16. The molecule has 2 rings (SSSR count). The van der Waals surface area contributed by atoms with Crippen LogP contribution in [-0.4, -0.2) is 30.8 Å². The van der Waals surface area contributed by atoms with Gasteiger partial charge in [-0.05, 0) is 12.1 Å². The van der Waals surface area contributed by atoms with Crippen molar-refractivity contribution in [2.45, 2.75) is 0 Å². The van der Waals surface area contributed by atoms with E-state index in [2.05, 4.69) is 15.9 Å². The Morgan fingerprint density at radius 2 is 2.20 bits per heavy atom. The standard InChI is InChI=1S/C10H10BrNO3/c11-7-3-8(5-9(13)4-7)12-1-2-15-6-10(12)14/h3-5,13H,1-2,6H2. The van der Waals surface area contributed by atoms with Gasteiger partial charge in [0.15, 0.2) is 0 Å². The first kappa shape index (κ1) is 10.4. The van der Waals surface area contributed by atoms with Crippen molar-refractivity contribution < 1.29 is 14.6 Å². The van der Waals surface area contributed by atoms with E-state index in [1.807, 2.05) is 0 Å². The number of ether oxygens (including phenoxy) is 1. The molecule has 1 N–H and O–H groups in total. The average molecular weight is 272 g/mol. The zero-order chi connectivity index (χ0) is 10.8. The minimum Gasteiger partial charge on any atom is -0.508 e. The van der Waals surface area contributed by atoms with Crippen molar-refractivity contribution in [3.63, 3.8) is 0 Å². The van der Waals surface area contributed by atoms with Gasteiger partial charge >= 0.3 is 0 Å². The van der Waals surface area contributed by atoms with Crippen LogP contribution in [0.1, 0.15) is 0 Å². The molecule has 4 nitrogen and oxygen atoms in total. The predicted octanol–water partition coefficient (Wildman–Crippen LogP) is 1.52. The molecule has 0 radical (unpaired) electrons. The Morgan fingerprint density at radius 1 is 1.40 bits per heavy atom. The van der Waals surface area contributed by atoms with Gasteiger partial charge in [0.2, 0.25) is 0 Å². The lowest BCUT2D eigenvalue weighted by atomic mass is 10.2. The molecule has 0 spiro atoms. The maximum atomic E-state index is 11.5. The molecule has 1 aliphatic heterocycles. The molecule has 1 saturated heterocycles. The maximum absolute atomic E-state index is 11.5. The van der Waals surface area contributed by atoms with E-state index < -0.39 is 0 Å². The van der Waals surface area contributed by atoms with Gasteiger partial charge in [0.25, 0.3) is 5.91 Å². The maximum Gasteiger partial charge on any atom is 0.253 e. The molecule has 0 atom stereocenters. The molecule has 0 unspecified atom stereocenters. The lowest BCUT2D eigenvalue weighted by Gasteiger charge is -2.27. The van der Waals surface area contributed by atoms with Crippen LogP contribution >= 0.6 is 15.9 Å². The Labute approximate surface area is 95.6 Å². The number of rotatable bonds is 1. The number of aromatic hydroxyl groups is 1. The highest BCUT2D eigenvalue weighted by molar-refractivity contribution is 9.10. The summed E-state index contributed by atoms with van der Waals surface area (Å²) in [6.07, 6.45) is 0. The van der Waals surface area contributed by atoms with Crippen molar-refractivity contribution in [2.24, 2.45) is 0 Å². The molecule has 0 bridgehead atoms. The van der Waals surface area contributed by atoms with E-state index in [1.165, 1.54) is 0 Å². The molecule has 1 heterocycles. The molecule has 15 heavy (non-hydrogen) atoms. The summed E-state index contributed by atoms with van der Waals surface area (Å²) in [5.41, 5.74) is 0.690. The molecule has 1 amide bonds. The third kappa shape index (κ3) is 2.30. The Kier molecular flexibility index (Phi) is 2.93. The van der Waals surface area contributed by atoms with E-state index in [0.717, 1.165) is 4.47 Å². The van der Waals surface area contributed by atoms with E-state index in [9.17, 15) is 9.90 Å². The zero-order valence-electron chi connectivity index (χ0n) is 7.94. The topological polar surface area (TPSA) is 49.8 Å². The monoisotopic (exact) mass is 271 g/mol. The molecular weight excluding hydrogens is 262 g/mol. The first-order chi connectivity index (χ1) is 7.16. The van der Waals surface area contributed by atoms with Crippen molar-refractivity contribution in [1.82, 2.24) is 0 Å². The first-order valence-electron chi connectivity index (χ1n) is 4.54. The Hall–Kier alpha value is -1.07. The fourth-order valence-electron chi connectivity index (χ4n) is 1.51. The second-order valence-corrected chi connectivity index (χ2v) is 4.18. The van der Waals surface area contributed by atoms with E-state index in [0.29, 0.717) is 18.8 Å². The third-order valence-electron chi connectivity index (χ3n) is 2.16. The summed E-state index contributed by atoms with van der Waals surface area (Å²) in [6, 6.07) is 4.94. The summed E-state index contributed by atoms with van der Waals surface area (Å²) >= 11 is 3.27. The molecule has 0 aliphatic carbocycles. The van der Waals surface area contributed by atoms with Gasteiger partial charge in [0.05, 0.1) is 6.61 Å². The van der Waals surface area contributed by atoms with Crippen LogP contribution in [-0.2, 0) is 9.53 Å². The predicted molar refractivity (Wildman–Crippen MR) is 59.0 cm³/mol. The van der Waals surface area contributed by atoms with Gasteiger partial charge in [-0.25, -0.2) is 0 Å². The second kappa shape index (κ2) is 4.20. The summed E-state index contributed by atoms with van der Waals surface area (Å²) in [6.45, 7) is 1.15. The fraction of sp³-hybridized carbons (Fsp3) is 0.300. The summed E-state index contributed by atoms with van der Waals surface area (Å²) in [5, 5.41) is 9.41. The highest BCUT2D eigenvalue weighted by Gasteiger charge is 2.20. The molecule has 0 saturated carbocycles. The highest BCUT2D eigenvalue weighted by atomic mass is 79.9. The van der Waals surface area contributed by atoms with Crippen molar-refractivity contribution in [2.75, 3.05) is 24.7 Å². The fourth-order valence-corrected chi connectivity index (χ4v) is 1.98. The number of hydrogen-bond acceptors (Lipinski definition) is 3. The van der Waals surface area contributed by atoms with Crippen LogP contribution in [0.3, 0.4) is 0 Å². The van der Waals surface area contributed by atoms with E-state index in [1.54, 1.807) is 23.1 Å². The molecule has 1 aliphatic rings. The molecule has 1 fully saturated rings. The van der Waals surface area contributed by atoms with E-state index in [-0.39, 0.29) is 18.3 Å². The van der Waals surface area contributed by atoms with Crippen LogP contribution in [0.15, 0.2) is 22.7 Å². The normalized spacial score (nSPS) is 16.9. The SMILES string of the molecule is O=C1COCCN1c1cc(O)cc(Br)c1. The number of anilines is 1. The highest BCUT2D eigenvalue weighted by Crippen LogP contribution is 2.27. The van der Waals surface area contributed by atoms with Gasteiger partial charge in [0, 0.05) is 22.8 Å². The second-order valence-electron chi connectivity index (χ2n) is 3.27. The number of amides is 1. The minimum absolute atomic E-state index is 0.0845. The first-order valence-corrected chi connectivity index (χ1v) is 5.34. The zero-order valence-corrected chi connectivity index (χ0v) is 9.53. The Bertz CT molecular complexity index is 374. The summed E-state index contributed by atoms with van der Waals surface area (Å²) in [5.74, 6) is 0.0532. The number of nitrogens with zero attached hydrogens (tertiary/aromatic N) is 1. The number of carbonyl (C=O) groups excluding carboxylic acids is 1. The number of carbonyl (C=O) groups is 1. The van der Waals surface area contributed by atoms with Gasteiger partial charge in [-0.3, -0.25) is 4.79 Å². The molecular formula is C10H10BrNO3. The minimum atomic E-state index is -0.0845. The molecule has 80 valence electrons. The van der Waals surface area contributed by atoms with Gasteiger partial charge in [-0.1, -0.05) is 15.9 Å². The lowest BCUT2D eigenvalue weighted by Crippen LogP contribution is -2.41. The number of phenolic OH excluding ortho intramolecular Hbond substituents is 1. The third-order valence-corrected chi connectivity index (χ3v) is 2.62. The van der Waals surface area contributed by atoms with Crippen LogP contribution in [0.25, 0.3) is 0 Å². The van der Waals surface area contributed by atoms with Crippen molar-refractivity contribution in [3.8, 4) is 5.75 Å². The van der Waals surface area contributed by atoms with Crippen LogP contribution in [0.2, 0.25) is 0 Å². The Balaban J connectivity index is 2.31. The summed E-state index contributed by atoms with van der Waals surface area (Å²) in [4.78, 5) is 13.1. The van der Waals surface area contributed by atoms with Gasteiger partial charge in [-0.2, -0.15) is 0 Å². The smallest absolute Gasteiger partial charge is 0.253 e. The van der Waals surface area contributed by atoms with E-state index in [4.69, 9.17) is 4.74 Å². The van der Waals surface area contributed by atoms with Crippen LogP contribution in [0.5, 0.6) is 5.75 Å². The molecule has 1 aromatic carbocycles. The van der Waals surface area contributed by atoms with Crippen molar-refractivity contribution in [1.29, 1.82) is 0 Å². The summed E-state index contributed by atoms with van der Waals surface area (Å²) < 4.78 is 5.78. The van der Waals surface area contributed by atoms with Gasteiger partial charge < -0.3 is 14.7 Å². The van der Waals surface area contributed by atoms with E-state index >= 15 is 0 Å². The van der Waals surface area contributed by atoms with Crippen LogP contribution < -0.4 is 4.90 Å². The van der Waals surface area contributed by atoms with Crippen LogP contribution in [0.4, 0.5) is 5.69 Å². The lowest BCUT2D eigenvalue weighted by molar-refractivity contribution is -0.125. The quantitative estimate of drug-likeness (QED) is 0.843. The largest absolute Gasteiger partial charge is 0.508 e. The number of morpholine rings is 1. The van der Waals surface area contributed by atoms with Gasteiger partial charge in [-0.15, -0.1) is 0 Å². The van der Waals surface area contributed by atoms with Crippen molar-refractivity contribution in [3.05, 3.63) is 22.7 Å². The number of phenols is 1. The molecule has 1 aromatic rings. The van der Waals surface area contributed by atoms with Crippen molar-refractivity contribution >= 4 is 27.5 Å². The number of halogens is 1.